The van der Waals surface area contributed by atoms with E-state index in [0.29, 0.717) is 0 Å². The normalized spacial score (nSPS) is 13.4. The number of nitrogens with zero attached hydrogens (tertiary/aromatic N) is 1. The van der Waals surface area contributed by atoms with Crippen molar-refractivity contribution in [1.82, 2.24) is 3.12 Å². The SMILES string of the molecule is O=S(=O)(CF)N(S(=O)(=O)CF)S(=O)(=O)CF.[Li+]. The zero-order chi connectivity index (χ0) is 13.2. The van der Waals surface area contributed by atoms with Crippen LogP contribution in [0.3, 0.4) is 0 Å². The molecule has 0 N–H and O–H groups in total. The molecule has 98 valence electrons. The second-order valence-electron chi connectivity index (χ2n) is 2.30. The van der Waals surface area contributed by atoms with Crippen molar-refractivity contribution in [3.63, 3.8) is 0 Å². The average Bonchev–Trinajstić information content (AvgIpc) is 2.16. The zero-order valence-corrected chi connectivity index (χ0v) is 10.8. The Labute approximate surface area is 108 Å². The number of halogens is 3. The molecule has 0 saturated heterocycles. The summed E-state index contributed by atoms with van der Waals surface area (Å²) in [4.78, 5) is 0. The molecule has 0 atom stereocenters. The van der Waals surface area contributed by atoms with Gasteiger partial charge in [-0.05, 0) is 0 Å². The van der Waals surface area contributed by atoms with Crippen LogP contribution in [0.25, 0.3) is 0 Å². The van der Waals surface area contributed by atoms with E-state index in [1.54, 1.807) is 0 Å². The standard InChI is InChI=1S/C3H6F3NO6S3.Li/c4-1-14(8,9)7(15(10,11)2-5)16(12,13)3-6;/h1-3H2;/q;+1. The molecule has 0 fully saturated rings. The van der Waals surface area contributed by atoms with Gasteiger partial charge in [0.1, 0.15) is 0 Å². The van der Waals surface area contributed by atoms with E-state index < -0.39 is 51.2 Å². The summed E-state index contributed by atoms with van der Waals surface area (Å²) >= 11 is 0. The monoisotopic (exact) mass is 312 g/mol. The molecule has 0 spiro atoms. The Hall–Kier alpha value is 0.197. The summed E-state index contributed by atoms with van der Waals surface area (Å²) < 4.78 is 99.0. The van der Waals surface area contributed by atoms with Crippen LogP contribution in [-0.4, -0.2) is 46.4 Å². The quantitative estimate of drug-likeness (QED) is 0.464. The topological polar surface area (TPSA) is 106 Å². The summed E-state index contributed by atoms with van der Waals surface area (Å²) in [6.07, 6.45) is 0. The minimum atomic E-state index is -5.49. The van der Waals surface area contributed by atoms with Crippen LogP contribution in [0.15, 0.2) is 0 Å². The van der Waals surface area contributed by atoms with E-state index in [1.165, 1.54) is 0 Å². The van der Waals surface area contributed by atoms with Gasteiger partial charge in [-0.3, -0.25) is 0 Å². The molecule has 0 saturated carbocycles. The molecule has 0 aromatic carbocycles. The summed E-state index contributed by atoms with van der Waals surface area (Å²) in [5.74, 6) is 0. The van der Waals surface area contributed by atoms with Crippen LogP contribution < -0.4 is 18.9 Å². The molecule has 0 radical (unpaired) electrons. The minimum Gasteiger partial charge on any atom is -0.232 e. The maximum Gasteiger partial charge on any atom is 1.00 e. The number of hydrogen-bond acceptors (Lipinski definition) is 6. The molecule has 0 aliphatic rings. The van der Waals surface area contributed by atoms with Gasteiger partial charge in [0.05, 0.1) is 0 Å². The molecule has 0 aromatic heterocycles. The maximum absolute atomic E-state index is 12.0. The van der Waals surface area contributed by atoms with E-state index in [1.807, 2.05) is 0 Å². The van der Waals surface area contributed by atoms with Gasteiger partial charge in [0.25, 0.3) is 30.1 Å². The predicted molar refractivity (Wildman–Crippen MR) is 46.5 cm³/mol. The molecule has 0 bridgehead atoms. The maximum atomic E-state index is 12.0. The van der Waals surface area contributed by atoms with Gasteiger partial charge in [0.15, 0.2) is 0 Å². The zero-order valence-electron chi connectivity index (χ0n) is 8.38. The van der Waals surface area contributed by atoms with E-state index >= 15 is 0 Å². The number of hydrogen-bond donors (Lipinski definition) is 0. The molecular weight excluding hydrogens is 306 g/mol. The third kappa shape index (κ3) is 4.41. The minimum absolute atomic E-state index is 0. The van der Waals surface area contributed by atoms with Crippen LogP contribution in [0.2, 0.25) is 0 Å². The smallest absolute Gasteiger partial charge is 0.232 e. The summed E-state index contributed by atoms with van der Waals surface area (Å²) in [5.41, 5.74) is 0. The van der Waals surface area contributed by atoms with E-state index in [-0.39, 0.29) is 18.9 Å². The van der Waals surface area contributed by atoms with Gasteiger partial charge >= 0.3 is 18.9 Å². The fraction of sp³-hybridized carbons (Fsp3) is 1.00. The molecule has 0 aliphatic carbocycles. The molecule has 7 nitrogen and oxygen atoms in total. The first-order chi connectivity index (χ1) is 7.05. The van der Waals surface area contributed by atoms with Crippen molar-refractivity contribution in [2.24, 2.45) is 0 Å². The molecule has 0 unspecified atom stereocenters. The summed E-state index contributed by atoms with van der Waals surface area (Å²) in [5, 5.41) is 0. The first kappa shape index (κ1) is 19.5. The van der Waals surface area contributed by atoms with E-state index in [4.69, 9.17) is 0 Å². The van der Waals surface area contributed by atoms with Crippen molar-refractivity contribution in [1.29, 1.82) is 0 Å². The van der Waals surface area contributed by atoms with Crippen molar-refractivity contribution < 1.29 is 57.3 Å². The Balaban J connectivity index is 0. The van der Waals surface area contributed by atoms with Crippen molar-refractivity contribution in [3.8, 4) is 0 Å². The molecular formula is C3H6F3LiNO6S3+. The molecule has 0 heterocycles. The number of rotatable bonds is 6. The van der Waals surface area contributed by atoms with Gasteiger partial charge in [0, 0.05) is 3.12 Å². The first-order valence-electron chi connectivity index (χ1n) is 3.22. The summed E-state index contributed by atoms with van der Waals surface area (Å²) in [6.45, 7) is 0. The van der Waals surface area contributed by atoms with Crippen LogP contribution in [0.5, 0.6) is 0 Å². The molecule has 17 heavy (non-hydrogen) atoms. The fourth-order valence-corrected chi connectivity index (χ4v) is 5.75. The molecule has 14 heteroatoms. The Kier molecular flexibility index (Phi) is 7.34. The van der Waals surface area contributed by atoms with Crippen molar-refractivity contribution >= 4 is 30.1 Å². The fourth-order valence-electron chi connectivity index (χ4n) is 0.639. The van der Waals surface area contributed by atoms with Crippen LogP contribution in [-0.2, 0) is 30.1 Å². The second-order valence-corrected chi connectivity index (χ2v) is 8.23. The Morgan fingerprint density at radius 3 is 0.941 bits per heavy atom. The largest absolute Gasteiger partial charge is 1.00 e. The van der Waals surface area contributed by atoms with Crippen molar-refractivity contribution in [2.45, 2.75) is 0 Å². The summed E-state index contributed by atoms with van der Waals surface area (Å²) in [7, 11) is -16.5. The third-order valence-electron chi connectivity index (χ3n) is 1.10. The molecule has 0 rings (SSSR count). The van der Waals surface area contributed by atoms with Crippen molar-refractivity contribution in [3.05, 3.63) is 0 Å². The molecule has 0 aromatic rings. The van der Waals surface area contributed by atoms with Gasteiger partial charge < -0.3 is 0 Å². The van der Waals surface area contributed by atoms with Crippen LogP contribution in [0, 0.1) is 0 Å². The van der Waals surface area contributed by atoms with Gasteiger partial charge in [0.2, 0.25) is 18.0 Å². The van der Waals surface area contributed by atoms with Crippen LogP contribution in [0.4, 0.5) is 13.2 Å². The van der Waals surface area contributed by atoms with E-state index in [9.17, 15) is 38.4 Å². The van der Waals surface area contributed by atoms with Gasteiger partial charge in [-0.15, -0.1) is 0 Å². The number of sulfonamides is 3. The van der Waals surface area contributed by atoms with Gasteiger partial charge in [-0.1, -0.05) is 0 Å². The average molecular weight is 312 g/mol. The van der Waals surface area contributed by atoms with Crippen LogP contribution in [0.1, 0.15) is 0 Å². The summed E-state index contributed by atoms with van der Waals surface area (Å²) in [6, 6.07) is -7.28. The van der Waals surface area contributed by atoms with Gasteiger partial charge in [-0.25, -0.2) is 38.4 Å². The third-order valence-corrected chi connectivity index (χ3v) is 7.37. The Morgan fingerprint density at radius 2 is 0.824 bits per heavy atom. The predicted octanol–water partition coefficient (Wildman–Crippen LogP) is -3.94. The first-order valence-corrected chi connectivity index (χ1v) is 8.04. The second kappa shape index (κ2) is 6.39. The van der Waals surface area contributed by atoms with E-state index in [0.717, 1.165) is 0 Å². The Bertz CT molecular complexity index is 459. The van der Waals surface area contributed by atoms with Crippen LogP contribution >= 0.6 is 0 Å². The van der Waals surface area contributed by atoms with Gasteiger partial charge in [-0.2, -0.15) is 0 Å². The molecule has 0 amide bonds. The molecule has 0 aliphatic heterocycles. The number of alkyl halides is 3. The van der Waals surface area contributed by atoms with Crippen molar-refractivity contribution in [2.75, 3.05) is 18.0 Å². The Morgan fingerprint density at radius 1 is 0.647 bits per heavy atom. The van der Waals surface area contributed by atoms with E-state index in [2.05, 4.69) is 0 Å².